The molecule has 0 aliphatic rings. The smallest absolute Gasteiger partial charge is 0.242 e. The molecule has 0 unspecified atom stereocenters. The van der Waals surface area contributed by atoms with Gasteiger partial charge in [0.1, 0.15) is 6.04 Å². The molecule has 2 aromatic carbocycles. The van der Waals surface area contributed by atoms with Crippen molar-refractivity contribution in [2.24, 2.45) is 0 Å². The number of carbonyl (C=O) groups is 2. The molecule has 1 N–H and O–H groups in total. The van der Waals surface area contributed by atoms with Crippen LogP contribution in [0.25, 0.3) is 0 Å². The number of hydrogen-bond acceptors (Lipinski definition) is 2. The lowest BCUT2D eigenvalue weighted by Crippen LogP contribution is -2.49. The summed E-state index contributed by atoms with van der Waals surface area (Å²) in [7, 11) is 0. The first-order valence-corrected chi connectivity index (χ1v) is 11.1. The molecule has 0 fully saturated rings. The van der Waals surface area contributed by atoms with Crippen molar-refractivity contribution in [2.45, 2.75) is 65.6 Å². The van der Waals surface area contributed by atoms with Crippen molar-refractivity contribution in [1.82, 2.24) is 10.2 Å². The van der Waals surface area contributed by atoms with Crippen LogP contribution in [0, 0.1) is 6.92 Å². The molecule has 0 aromatic heterocycles. The number of hydrogen-bond donors (Lipinski definition) is 1. The van der Waals surface area contributed by atoms with Gasteiger partial charge in [0.25, 0.3) is 0 Å². The van der Waals surface area contributed by atoms with E-state index < -0.39 is 6.04 Å². The molecule has 0 heterocycles. The summed E-state index contributed by atoms with van der Waals surface area (Å²) in [6.45, 7) is 7.99. The molecule has 2 rings (SSSR count). The molecule has 0 aliphatic heterocycles. The third-order valence-corrected chi connectivity index (χ3v) is 5.86. The number of nitrogens with zero attached hydrogens (tertiary/aromatic N) is 1. The molecule has 0 saturated heterocycles. The quantitative estimate of drug-likeness (QED) is 0.545. The number of carbonyl (C=O) groups excluding carboxylic acids is 2. The molecule has 0 spiro atoms. The summed E-state index contributed by atoms with van der Waals surface area (Å²) >= 11 is 12.3. The first-order valence-electron chi connectivity index (χ1n) is 10.3. The molecule has 2 aromatic rings. The van der Waals surface area contributed by atoms with E-state index in [1.807, 2.05) is 45.0 Å². The van der Waals surface area contributed by atoms with Crippen molar-refractivity contribution in [3.63, 3.8) is 0 Å². The van der Waals surface area contributed by atoms with Crippen molar-refractivity contribution in [1.29, 1.82) is 0 Å². The minimum Gasteiger partial charge on any atom is -0.352 e. The van der Waals surface area contributed by atoms with Crippen molar-refractivity contribution in [3.05, 3.63) is 69.2 Å². The van der Waals surface area contributed by atoms with Gasteiger partial charge in [-0.05, 0) is 56.9 Å². The second kappa shape index (κ2) is 11.4. The molecule has 162 valence electrons. The monoisotopic (exact) mass is 448 g/mol. The Labute approximate surface area is 189 Å². The highest BCUT2D eigenvalue weighted by atomic mass is 35.5. The topological polar surface area (TPSA) is 49.4 Å². The second-order valence-corrected chi connectivity index (χ2v) is 8.58. The summed E-state index contributed by atoms with van der Waals surface area (Å²) in [6.07, 6.45) is 1.75. The van der Waals surface area contributed by atoms with Gasteiger partial charge in [-0.2, -0.15) is 0 Å². The van der Waals surface area contributed by atoms with E-state index in [2.05, 4.69) is 5.32 Å². The lowest BCUT2D eigenvalue weighted by Gasteiger charge is -2.30. The minimum atomic E-state index is -0.615. The highest BCUT2D eigenvalue weighted by molar-refractivity contribution is 6.35. The minimum absolute atomic E-state index is 0.0450. The largest absolute Gasteiger partial charge is 0.352 e. The number of amides is 2. The Morgan fingerprint density at radius 2 is 1.73 bits per heavy atom. The van der Waals surface area contributed by atoms with Crippen LogP contribution in [0.3, 0.4) is 0 Å². The molecule has 0 aliphatic carbocycles. The van der Waals surface area contributed by atoms with Gasteiger partial charge in [-0.1, -0.05) is 66.0 Å². The predicted molar refractivity (Wildman–Crippen MR) is 124 cm³/mol. The fourth-order valence-corrected chi connectivity index (χ4v) is 3.50. The molecular weight excluding hydrogens is 419 g/mol. The standard InChI is InChI=1S/C24H30Cl2N2O2/c1-5-17(3)27-24(30)18(4)28(15-20-11-12-21(25)14-22(20)26)23(29)13-10-19-8-6-16(2)7-9-19/h6-9,11-12,14,17-18H,5,10,13,15H2,1-4H3,(H,27,30)/t17-,18+/m1/s1. The SMILES string of the molecule is CC[C@@H](C)NC(=O)[C@H](C)N(Cc1ccc(Cl)cc1Cl)C(=O)CCc1ccc(C)cc1. The molecule has 4 nitrogen and oxygen atoms in total. The zero-order valence-electron chi connectivity index (χ0n) is 18.0. The highest BCUT2D eigenvalue weighted by Crippen LogP contribution is 2.23. The van der Waals surface area contributed by atoms with Gasteiger partial charge in [-0.25, -0.2) is 0 Å². The highest BCUT2D eigenvalue weighted by Gasteiger charge is 2.27. The summed E-state index contributed by atoms with van der Waals surface area (Å²) in [5, 5.41) is 3.98. The van der Waals surface area contributed by atoms with Gasteiger partial charge in [0.2, 0.25) is 11.8 Å². The number of aryl methyl sites for hydroxylation is 2. The normalized spacial score (nSPS) is 12.9. The van der Waals surface area contributed by atoms with Gasteiger partial charge in [0.05, 0.1) is 0 Å². The maximum Gasteiger partial charge on any atom is 0.242 e. The van der Waals surface area contributed by atoms with Gasteiger partial charge >= 0.3 is 0 Å². The van der Waals surface area contributed by atoms with Crippen LogP contribution in [0.4, 0.5) is 0 Å². The van der Waals surface area contributed by atoms with Crippen molar-refractivity contribution in [2.75, 3.05) is 0 Å². The number of halogens is 2. The van der Waals surface area contributed by atoms with Crippen LogP contribution in [-0.2, 0) is 22.6 Å². The van der Waals surface area contributed by atoms with Crippen LogP contribution in [0.15, 0.2) is 42.5 Å². The molecule has 6 heteroatoms. The van der Waals surface area contributed by atoms with Crippen molar-refractivity contribution >= 4 is 35.0 Å². The maximum absolute atomic E-state index is 13.1. The van der Waals surface area contributed by atoms with Gasteiger partial charge in [-0.15, -0.1) is 0 Å². The molecule has 30 heavy (non-hydrogen) atoms. The number of benzene rings is 2. The Kier molecular flexibility index (Phi) is 9.19. The fraction of sp³-hybridized carbons (Fsp3) is 0.417. The van der Waals surface area contributed by atoms with Crippen LogP contribution < -0.4 is 5.32 Å². The van der Waals surface area contributed by atoms with Gasteiger partial charge in [0, 0.05) is 29.1 Å². The van der Waals surface area contributed by atoms with E-state index in [1.54, 1.807) is 30.0 Å². The molecule has 2 amide bonds. The predicted octanol–water partition coefficient (Wildman–Crippen LogP) is 5.57. The first kappa shape index (κ1) is 24.2. The molecular formula is C24H30Cl2N2O2. The van der Waals surface area contributed by atoms with Gasteiger partial charge in [0.15, 0.2) is 0 Å². The Hall–Kier alpha value is -2.04. The Morgan fingerprint density at radius 3 is 2.33 bits per heavy atom. The lowest BCUT2D eigenvalue weighted by atomic mass is 10.1. The van der Waals surface area contributed by atoms with Crippen LogP contribution in [0.2, 0.25) is 10.0 Å². The molecule has 2 atom stereocenters. The van der Waals surface area contributed by atoms with Crippen LogP contribution in [0.5, 0.6) is 0 Å². The Morgan fingerprint density at radius 1 is 1.07 bits per heavy atom. The van der Waals surface area contributed by atoms with Gasteiger partial charge in [-0.3, -0.25) is 9.59 Å². The summed E-state index contributed by atoms with van der Waals surface area (Å²) in [5.41, 5.74) is 3.03. The molecule has 0 saturated carbocycles. The lowest BCUT2D eigenvalue weighted by molar-refractivity contribution is -0.140. The first-order chi connectivity index (χ1) is 14.2. The third kappa shape index (κ3) is 7.03. The van der Waals surface area contributed by atoms with E-state index in [9.17, 15) is 9.59 Å². The van der Waals surface area contributed by atoms with Crippen molar-refractivity contribution in [3.8, 4) is 0 Å². The third-order valence-electron chi connectivity index (χ3n) is 5.27. The van der Waals surface area contributed by atoms with E-state index >= 15 is 0 Å². The molecule has 0 bridgehead atoms. The number of rotatable bonds is 9. The van der Waals surface area contributed by atoms with Crippen molar-refractivity contribution < 1.29 is 9.59 Å². The Bertz CT molecular complexity index is 868. The zero-order chi connectivity index (χ0) is 22.3. The summed E-state index contributed by atoms with van der Waals surface area (Å²) in [4.78, 5) is 27.5. The van der Waals surface area contributed by atoms with E-state index in [0.717, 1.165) is 17.5 Å². The van der Waals surface area contributed by atoms with E-state index in [-0.39, 0.29) is 24.4 Å². The summed E-state index contributed by atoms with van der Waals surface area (Å²) in [6, 6.07) is 12.7. The van der Waals surface area contributed by atoms with Crippen LogP contribution >= 0.6 is 23.2 Å². The van der Waals surface area contributed by atoms with Crippen LogP contribution in [0.1, 0.15) is 50.3 Å². The fourth-order valence-electron chi connectivity index (χ4n) is 3.03. The van der Waals surface area contributed by atoms with E-state index in [4.69, 9.17) is 23.2 Å². The summed E-state index contributed by atoms with van der Waals surface area (Å²) in [5.74, 6) is -0.258. The Balaban J connectivity index is 2.18. The zero-order valence-corrected chi connectivity index (χ0v) is 19.6. The molecule has 0 radical (unpaired) electrons. The summed E-state index contributed by atoms with van der Waals surface area (Å²) < 4.78 is 0. The number of nitrogens with one attached hydrogen (secondary N) is 1. The van der Waals surface area contributed by atoms with Crippen LogP contribution in [-0.4, -0.2) is 28.8 Å². The second-order valence-electron chi connectivity index (χ2n) is 7.74. The average molecular weight is 449 g/mol. The maximum atomic E-state index is 13.1. The van der Waals surface area contributed by atoms with Gasteiger partial charge < -0.3 is 10.2 Å². The van der Waals surface area contributed by atoms with E-state index in [0.29, 0.717) is 22.9 Å². The van der Waals surface area contributed by atoms with E-state index in [1.165, 1.54) is 5.56 Å². The average Bonchev–Trinajstić information content (AvgIpc) is 2.72.